The molecule has 2 nitrogen and oxygen atoms in total. The minimum atomic E-state index is 0.437. The minimum absolute atomic E-state index is 0.437. The lowest BCUT2D eigenvalue weighted by Gasteiger charge is -2.31. The second-order valence-corrected chi connectivity index (χ2v) is 6.48. The SMILES string of the molecule is CCCC1CC(Nc2c(C)cc(Br)cc2C)CCO1. The van der Waals surface area contributed by atoms with Gasteiger partial charge in [0.2, 0.25) is 0 Å². The second kappa shape index (κ2) is 6.76. The van der Waals surface area contributed by atoms with Crippen molar-refractivity contribution < 1.29 is 4.74 Å². The van der Waals surface area contributed by atoms with Gasteiger partial charge in [0.1, 0.15) is 0 Å². The molecule has 19 heavy (non-hydrogen) atoms. The van der Waals surface area contributed by atoms with Gasteiger partial charge >= 0.3 is 0 Å². The molecule has 0 spiro atoms. The Balaban J connectivity index is 2.04. The predicted molar refractivity (Wildman–Crippen MR) is 84.9 cm³/mol. The smallest absolute Gasteiger partial charge is 0.0594 e. The summed E-state index contributed by atoms with van der Waals surface area (Å²) >= 11 is 3.55. The van der Waals surface area contributed by atoms with Crippen LogP contribution in [0.25, 0.3) is 0 Å². The Hall–Kier alpha value is -0.540. The lowest BCUT2D eigenvalue weighted by molar-refractivity contribution is 0.00596. The van der Waals surface area contributed by atoms with Crippen LogP contribution in [-0.4, -0.2) is 18.8 Å². The Morgan fingerprint density at radius 3 is 2.63 bits per heavy atom. The van der Waals surface area contributed by atoms with E-state index in [4.69, 9.17) is 4.74 Å². The Morgan fingerprint density at radius 2 is 2.00 bits per heavy atom. The van der Waals surface area contributed by atoms with Gasteiger partial charge < -0.3 is 10.1 Å². The maximum absolute atomic E-state index is 5.82. The van der Waals surface area contributed by atoms with E-state index >= 15 is 0 Å². The van der Waals surface area contributed by atoms with Gasteiger partial charge in [-0.15, -0.1) is 0 Å². The van der Waals surface area contributed by atoms with Crippen molar-refractivity contribution in [1.82, 2.24) is 0 Å². The fraction of sp³-hybridized carbons (Fsp3) is 0.625. The van der Waals surface area contributed by atoms with E-state index in [2.05, 4.69) is 54.2 Å². The van der Waals surface area contributed by atoms with Gasteiger partial charge in [-0.1, -0.05) is 29.3 Å². The number of anilines is 1. The molecule has 2 unspecified atom stereocenters. The quantitative estimate of drug-likeness (QED) is 0.856. The molecule has 0 aromatic heterocycles. The van der Waals surface area contributed by atoms with Gasteiger partial charge in [0.15, 0.2) is 0 Å². The Morgan fingerprint density at radius 1 is 1.32 bits per heavy atom. The number of nitrogens with one attached hydrogen (secondary N) is 1. The van der Waals surface area contributed by atoms with Crippen molar-refractivity contribution in [1.29, 1.82) is 0 Å². The highest BCUT2D eigenvalue weighted by molar-refractivity contribution is 9.10. The van der Waals surface area contributed by atoms with Crippen LogP contribution in [0.4, 0.5) is 5.69 Å². The van der Waals surface area contributed by atoms with Crippen LogP contribution >= 0.6 is 15.9 Å². The van der Waals surface area contributed by atoms with E-state index in [-0.39, 0.29) is 0 Å². The van der Waals surface area contributed by atoms with E-state index in [0.29, 0.717) is 12.1 Å². The van der Waals surface area contributed by atoms with Gasteiger partial charge in [-0.05, 0) is 56.4 Å². The van der Waals surface area contributed by atoms with Gasteiger partial charge in [-0.25, -0.2) is 0 Å². The van der Waals surface area contributed by atoms with Gasteiger partial charge in [0, 0.05) is 22.8 Å². The van der Waals surface area contributed by atoms with Crippen LogP contribution in [0.1, 0.15) is 43.7 Å². The summed E-state index contributed by atoms with van der Waals surface area (Å²) in [6.07, 6.45) is 5.05. The first-order valence-electron chi connectivity index (χ1n) is 7.25. The Labute approximate surface area is 125 Å². The molecule has 0 amide bonds. The molecule has 1 aromatic carbocycles. The van der Waals surface area contributed by atoms with Gasteiger partial charge in [0.25, 0.3) is 0 Å². The highest BCUT2D eigenvalue weighted by atomic mass is 79.9. The Bertz CT molecular complexity index is 408. The second-order valence-electron chi connectivity index (χ2n) is 5.56. The van der Waals surface area contributed by atoms with E-state index < -0.39 is 0 Å². The van der Waals surface area contributed by atoms with Gasteiger partial charge in [-0.3, -0.25) is 0 Å². The maximum Gasteiger partial charge on any atom is 0.0594 e. The van der Waals surface area contributed by atoms with Crippen molar-refractivity contribution in [2.45, 2.75) is 58.6 Å². The number of rotatable bonds is 4. The molecule has 1 aliphatic rings. The maximum atomic E-state index is 5.82. The average Bonchev–Trinajstić information content (AvgIpc) is 2.35. The highest BCUT2D eigenvalue weighted by Gasteiger charge is 2.22. The third-order valence-corrected chi connectivity index (χ3v) is 4.28. The lowest BCUT2D eigenvalue weighted by atomic mass is 9.98. The summed E-state index contributed by atoms with van der Waals surface area (Å²) in [5, 5.41) is 3.73. The van der Waals surface area contributed by atoms with Crippen LogP contribution in [-0.2, 0) is 4.74 Å². The van der Waals surface area contributed by atoms with E-state index in [1.165, 1.54) is 29.7 Å². The number of hydrogen-bond donors (Lipinski definition) is 1. The zero-order valence-electron chi connectivity index (χ0n) is 12.1. The summed E-state index contributed by atoms with van der Waals surface area (Å²) in [5.74, 6) is 0. The average molecular weight is 326 g/mol. The number of ether oxygens (including phenoxy) is 1. The van der Waals surface area contributed by atoms with Crippen LogP contribution in [0.15, 0.2) is 16.6 Å². The van der Waals surface area contributed by atoms with E-state index in [0.717, 1.165) is 23.9 Å². The molecule has 1 aliphatic heterocycles. The first-order chi connectivity index (χ1) is 9.10. The molecule has 0 bridgehead atoms. The van der Waals surface area contributed by atoms with Crippen molar-refractivity contribution in [2.75, 3.05) is 11.9 Å². The molecule has 1 heterocycles. The monoisotopic (exact) mass is 325 g/mol. The van der Waals surface area contributed by atoms with Crippen LogP contribution in [0.3, 0.4) is 0 Å². The normalized spacial score (nSPS) is 23.4. The molecule has 0 aliphatic carbocycles. The number of aryl methyl sites for hydroxylation is 2. The summed E-state index contributed by atoms with van der Waals surface area (Å²) in [5.41, 5.74) is 3.92. The number of halogens is 1. The fourth-order valence-corrected chi connectivity index (χ4v) is 3.56. The topological polar surface area (TPSA) is 21.3 Å². The summed E-state index contributed by atoms with van der Waals surface area (Å²) < 4.78 is 6.97. The molecule has 1 saturated heterocycles. The molecule has 3 heteroatoms. The highest BCUT2D eigenvalue weighted by Crippen LogP contribution is 2.28. The summed E-state index contributed by atoms with van der Waals surface area (Å²) in [6.45, 7) is 7.45. The van der Waals surface area contributed by atoms with Crippen molar-refractivity contribution in [2.24, 2.45) is 0 Å². The predicted octanol–water partition coefficient (Wildman–Crippen LogP) is 4.83. The fourth-order valence-electron chi connectivity index (χ4n) is 2.88. The van der Waals surface area contributed by atoms with E-state index in [1.807, 2.05) is 0 Å². The van der Waals surface area contributed by atoms with Gasteiger partial charge in [0.05, 0.1) is 6.10 Å². The van der Waals surface area contributed by atoms with Crippen LogP contribution < -0.4 is 5.32 Å². The first kappa shape index (κ1) is 14.9. The molecule has 2 rings (SSSR count). The van der Waals surface area contributed by atoms with Gasteiger partial charge in [-0.2, -0.15) is 0 Å². The molecule has 106 valence electrons. The molecule has 2 atom stereocenters. The van der Waals surface area contributed by atoms with E-state index in [9.17, 15) is 0 Å². The molecule has 1 fully saturated rings. The zero-order valence-corrected chi connectivity index (χ0v) is 13.7. The molecule has 0 saturated carbocycles. The van der Waals surface area contributed by atoms with Crippen molar-refractivity contribution in [3.8, 4) is 0 Å². The van der Waals surface area contributed by atoms with Crippen LogP contribution in [0, 0.1) is 13.8 Å². The van der Waals surface area contributed by atoms with Crippen molar-refractivity contribution in [3.63, 3.8) is 0 Å². The number of hydrogen-bond acceptors (Lipinski definition) is 2. The molecular weight excluding hydrogens is 302 g/mol. The lowest BCUT2D eigenvalue weighted by Crippen LogP contribution is -2.34. The molecular formula is C16H24BrNO. The minimum Gasteiger partial charge on any atom is -0.382 e. The Kier molecular flexibility index (Phi) is 5.28. The summed E-state index contributed by atoms with van der Waals surface area (Å²) in [6, 6.07) is 4.90. The van der Waals surface area contributed by atoms with E-state index in [1.54, 1.807) is 0 Å². The number of benzene rings is 1. The molecule has 1 N–H and O–H groups in total. The molecule has 0 radical (unpaired) electrons. The van der Waals surface area contributed by atoms with Crippen LogP contribution in [0.5, 0.6) is 0 Å². The third-order valence-electron chi connectivity index (χ3n) is 3.82. The first-order valence-corrected chi connectivity index (χ1v) is 8.04. The summed E-state index contributed by atoms with van der Waals surface area (Å²) in [7, 11) is 0. The molecule has 1 aromatic rings. The third kappa shape index (κ3) is 3.96. The van der Waals surface area contributed by atoms with Crippen molar-refractivity contribution in [3.05, 3.63) is 27.7 Å². The standard InChI is InChI=1S/C16H24BrNO/c1-4-5-15-10-14(6-7-19-15)18-16-11(2)8-13(17)9-12(16)3/h8-9,14-15,18H,4-7,10H2,1-3H3. The zero-order chi connectivity index (χ0) is 13.8. The largest absolute Gasteiger partial charge is 0.382 e. The van der Waals surface area contributed by atoms with Crippen LogP contribution in [0.2, 0.25) is 0 Å². The summed E-state index contributed by atoms with van der Waals surface area (Å²) in [4.78, 5) is 0. The van der Waals surface area contributed by atoms with Crippen molar-refractivity contribution >= 4 is 21.6 Å².